The molecule has 0 spiro atoms. The summed E-state index contributed by atoms with van der Waals surface area (Å²) in [7, 11) is 1.88. The van der Waals surface area contributed by atoms with E-state index in [4.69, 9.17) is 4.74 Å². The lowest BCUT2D eigenvalue weighted by Gasteiger charge is -2.31. The molecular weight excluding hydrogens is 470 g/mol. The van der Waals surface area contributed by atoms with Crippen LogP contribution in [-0.2, 0) is 31.2 Å². The highest BCUT2D eigenvalue weighted by molar-refractivity contribution is 7.13. The Bertz CT molecular complexity index is 1010. The summed E-state index contributed by atoms with van der Waals surface area (Å²) < 4.78 is 34.5. The number of halogens is 2. The van der Waals surface area contributed by atoms with Gasteiger partial charge in [-0.2, -0.15) is 5.10 Å². The van der Waals surface area contributed by atoms with Crippen LogP contribution >= 0.6 is 11.3 Å². The summed E-state index contributed by atoms with van der Waals surface area (Å²) in [6.45, 7) is 2.92. The minimum Gasteiger partial charge on any atom is -0.466 e. The van der Waals surface area contributed by atoms with E-state index in [1.807, 2.05) is 13.2 Å². The van der Waals surface area contributed by atoms with Crippen molar-refractivity contribution in [3.63, 3.8) is 0 Å². The van der Waals surface area contributed by atoms with Gasteiger partial charge in [-0.05, 0) is 56.0 Å². The van der Waals surface area contributed by atoms with Crippen LogP contribution < -0.4 is 4.74 Å². The van der Waals surface area contributed by atoms with Gasteiger partial charge in [0.05, 0.1) is 11.9 Å². The molecule has 3 heterocycles. The van der Waals surface area contributed by atoms with Gasteiger partial charge in [0.15, 0.2) is 0 Å². The molecule has 0 aromatic carbocycles. The molecule has 0 saturated heterocycles. The Balaban J connectivity index is 1.01. The van der Waals surface area contributed by atoms with Crippen molar-refractivity contribution in [1.82, 2.24) is 19.7 Å². The number of hydrogen-bond acceptors (Lipinski definition) is 6. The third-order valence-electron chi connectivity index (χ3n) is 7.91. The van der Waals surface area contributed by atoms with E-state index >= 15 is 0 Å². The van der Waals surface area contributed by atoms with Gasteiger partial charge in [0.1, 0.15) is 11.9 Å². The SMILES string of the molecule is Cn1cc(CC(=O)CC2CCC(CCN3CCc4sc(OC5CCC(F)(F)C5)nc4C3)CC2)cn1. The molecule has 1 unspecified atom stereocenters. The van der Waals surface area contributed by atoms with Gasteiger partial charge in [-0.15, -0.1) is 0 Å². The number of hydrogen-bond donors (Lipinski definition) is 0. The second kappa shape index (κ2) is 10.6. The Morgan fingerprint density at radius 1 is 1.23 bits per heavy atom. The lowest BCUT2D eigenvalue weighted by molar-refractivity contribution is -0.119. The molecule has 0 radical (unpaired) electrons. The number of ketones is 1. The maximum absolute atomic E-state index is 13.5. The number of alkyl halides is 2. The Morgan fingerprint density at radius 2 is 2.03 bits per heavy atom. The van der Waals surface area contributed by atoms with Crippen molar-refractivity contribution in [2.24, 2.45) is 18.9 Å². The number of Topliss-reactive ketones (excluding diaryl/α,β-unsaturated/α-hetero) is 1. The van der Waals surface area contributed by atoms with Crippen LogP contribution in [0.1, 0.15) is 73.9 Å². The van der Waals surface area contributed by atoms with Gasteiger partial charge in [0.2, 0.25) is 0 Å². The first-order valence-corrected chi connectivity index (χ1v) is 13.9. The van der Waals surface area contributed by atoms with Crippen LogP contribution in [0.5, 0.6) is 5.19 Å². The van der Waals surface area contributed by atoms with E-state index in [-0.39, 0.29) is 12.8 Å². The maximum atomic E-state index is 13.5. The van der Waals surface area contributed by atoms with Gasteiger partial charge < -0.3 is 4.74 Å². The number of rotatable bonds is 9. The largest absolute Gasteiger partial charge is 0.466 e. The van der Waals surface area contributed by atoms with E-state index in [9.17, 15) is 13.6 Å². The fourth-order valence-electron chi connectivity index (χ4n) is 5.90. The van der Waals surface area contributed by atoms with Crippen LogP contribution in [-0.4, -0.2) is 50.6 Å². The van der Waals surface area contributed by atoms with Crippen LogP contribution in [0.15, 0.2) is 12.4 Å². The van der Waals surface area contributed by atoms with Gasteiger partial charge in [0, 0.05) is 56.9 Å². The Labute approximate surface area is 210 Å². The van der Waals surface area contributed by atoms with Crippen LogP contribution in [0.4, 0.5) is 8.78 Å². The predicted octanol–water partition coefficient (Wildman–Crippen LogP) is 5.20. The molecule has 1 atom stereocenters. The van der Waals surface area contributed by atoms with Crippen LogP contribution in [0.3, 0.4) is 0 Å². The van der Waals surface area contributed by atoms with Crippen molar-refractivity contribution in [2.75, 3.05) is 13.1 Å². The molecule has 2 saturated carbocycles. The Hall–Kier alpha value is -1.87. The molecule has 3 aliphatic rings. The predicted molar refractivity (Wildman–Crippen MR) is 131 cm³/mol. The zero-order valence-corrected chi connectivity index (χ0v) is 21.4. The van der Waals surface area contributed by atoms with Gasteiger partial charge in [-0.3, -0.25) is 14.4 Å². The normalized spacial score (nSPS) is 26.5. The summed E-state index contributed by atoms with van der Waals surface area (Å²) in [5.41, 5.74) is 2.08. The van der Waals surface area contributed by atoms with Gasteiger partial charge in [-0.25, -0.2) is 13.8 Å². The van der Waals surface area contributed by atoms with Crippen molar-refractivity contribution in [2.45, 2.75) is 89.2 Å². The van der Waals surface area contributed by atoms with E-state index in [2.05, 4.69) is 15.0 Å². The van der Waals surface area contributed by atoms with Crippen LogP contribution in [0.2, 0.25) is 0 Å². The molecule has 2 aromatic rings. The van der Waals surface area contributed by atoms with Gasteiger partial charge in [-0.1, -0.05) is 24.2 Å². The second-order valence-corrected chi connectivity index (χ2v) is 11.9. The molecule has 35 heavy (non-hydrogen) atoms. The molecule has 2 aromatic heterocycles. The van der Waals surface area contributed by atoms with Gasteiger partial charge in [0.25, 0.3) is 11.1 Å². The highest BCUT2D eigenvalue weighted by atomic mass is 32.1. The molecule has 9 heteroatoms. The molecule has 1 aliphatic heterocycles. The number of carbonyl (C=O) groups is 1. The molecule has 2 fully saturated rings. The Kier molecular flexibility index (Phi) is 7.53. The number of aryl methyl sites for hydroxylation is 1. The van der Waals surface area contributed by atoms with E-state index in [1.54, 1.807) is 10.9 Å². The van der Waals surface area contributed by atoms with E-state index < -0.39 is 12.0 Å². The molecular formula is C26H36F2N4O2S. The number of aromatic nitrogens is 3. The maximum Gasteiger partial charge on any atom is 0.273 e. The zero-order valence-electron chi connectivity index (χ0n) is 20.6. The molecule has 192 valence electrons. The highest BCUT2D eigenvalue weighted by Gasteiger charge is 2.41. The number of thiazole rings is 1. The number of fused-ring (bicyclic) bond motifs is 1. The third kappa shape index (κ3) is 6.67. The summed E-state index contributed by atoms with van der Waals surface area (Å²) in [5.74, 6) is -0.994. The minimum atomic E-state index is -2.59. The lowest BCUT2D eigenvalue weighted by atomic mass is 9.78. The monoisotopic (exact) mass is 506 g/mol. The quantitative estimate of drug-likeness (QED) is 0.468. The summed E-state index contributed by atoms with van der Waals surface area (Å²) >= 11 is 1.54. The summed E-state index contributed by atoms with van der Waals surface area (Å²) in [6, 6.07) is 0. The smallest absolute Gasteiger partial charge is 0.273 e. The summed E-state index contributed by atoms with van der Waals surface area (Å²) in [6.07, 6.45) is 11.5. The standard InChI is InChI=1S/C26H36F2N4O2S/c1-31-16-20(15-29-31)13-21(33)12-19-4-2-18(3-5-19)7-10-32-11-8-24-23(17-32)30-25(35-24)34-22-6-9-26(27,28)14-22/h15-16,18-19,22H,2-14,17H2,1H3. The van der Waals surface area contributed by atoms with E-state index in [1.165, 1.54) is 35.5 Å². The number of ether oxygens (including phenoxy) is 1. The fraction of sp³-hybridized carbons (Fsp3) is 0.731. The average molecular weight is 507 g/mol. The first-order chi connectivity index (χ1) is 16.8. The number of carbonyl (C=O) groups excluding carboxylic acids is 1. The van der Waals surface area contributed by atoms with Crippen LogP contribution in [0.25, 0.3) is 0 Å². The molecule has 6 nitrogen and oxygen atoms in total. The molecule has 5 rings (SSSR count). The van der Waals surface area contributed by atoms with Crippen molar-refractivity contribution in [3.05, 3.63) is 28.5 Å². The van der Waals surface area contributed by atoms with Crippen molar-refractivity contribution < 1.29 is 18.3 Å². The molecule has 0 bridgehead atoms. The minimum absolute atomic E-state index is 0.0832. The fourth-order valence-corrected chi connectivity index (χ4v) is 6.87. The average Bonchev–Trinajstić information content (AvgIpc) is 3.50. The van der Waals surface area contributed by atoms with Crippen molar-refractivity contribution in [3.8, 4) is 5.19 Å². The first kappa shape index (κ1) is 24.8. The summed E-state index contributed by atoms with van der Waals surface area (Å²) in [5, 5.41) is 4.72. The van der Waals surface area contributed by atoms with Gasteiger partial charge >= 0.3 is 0 Å². The zero-order chi connectivity index (χ0) is 24.4. The molecule has 0 amide bonds. The van der Waals surface area contributed by atoms with Crippen molar-refractivity contribution in [1.29, 1.82) is 0 Å². The Morgan fingerprint density at radius 3 is 2.74 bits per heavy atom. The topological polar surface area (TPSA) is 60.2 Å². The third-order valence-corrected chi connectivity index (χ3v) is 8.96. The molecule has 2 aliphatic carbocycles. The second-order valence-electron chi connectivity index (χ2n) is 10.8. The first-order valence-electron chi connectivity index (χ1n) is 13.1. The number of nitrogens with zero attached hydrogens (tertiary/aromatic N) is 4. The van der Waals surface area contributed by atoms with E-state index in [0.717, 1.165) is 56.1 Å². The van der Waals surface area contributed by atoms with Crippen LogP contribution in [0, 0.1) is 11.8 Å². The summed E-state index contributed by atoms with van der Waals surface area (Å²) in [4.78, 5) is 20.8. The lowest BCUT2D eigenvalue weighted by Crippen LogP contribution is -2.32. The highest BCUT2D eigenvalue weighted by Crippen LogP contribution is 2.39. The van der Waals surface area contributed by atoms with Crippen molar-refractivity contribution >= 4 is 17.1 Å². The van der Waals surface area contributed by atoms with E-state index in [0.29, 0.717) is 36.2 Å². The molecule has 0 N–H and O–H groups in total.